The third kappa shape index (κ3) is 3.70. The van der Waals surface area contributed by atoms with Crippen LogP contribution in [0.2, 0.25) is 0 Å². The van der Waals surface area contributed by atoms with E-state index in [0.29, 0.717) is 18.7 Å². The second kappa shape index (κ2) is 7.04. The highest BCUT2D eigenvalue weighted by molar-refractivity contribution is 5.97. The molecule has 7 heteroatoms. The van der Waals surface area contributed by atoms with E-state index in [2.05, 4.69) is 10.4 Å². The number of hydrogen-bond acceptors (Lipinski definition) is 3. The molecular formula is C18H21FN4O2. The first-order chi connectivity index (χ1) is 12.0. The van der Waals surface area contributed by atoms with Crippen molar-refractivity contribution < 1.29 is 14.0 Å². The van der Waals surface area contributed by atoms with Crippen LogP contribution in [0, 0.1) is 5.82 Å². The smallest absolute Gasteiger partial charge is 0.230 e. The number of halogens is 1. The molecule has 0 spiro atoms. The van der Waals surface area contributed by atoms with Crippen LogP contribution in [0.1, 0.15) is 31.2 Å². The largest absolute Gasteiger partial charge is 0.323 e. The number of aryl methyl sites for hydroxylation is 2. The molecule has 0 saturated carbocycles. The van der Waals surface area contributed by atoms with Crippen molar-refractivity contribution in [3.63, 3.8) is 0 Å². The molecule has 3 rings (SSSR count). The Morgan fingerprint density at radius 1 is 1.36 bits per heavy atom. The molecule has 0 atom stereocenters. The van der Waals surface area contributed by atoms with Gasteiger partial charge in [0.25, 0.3) is 0 Å². The Balaban J connectivity index is 1.74. The van der Waals surface area contributed by atoms with Gasteiger partial charge in [-0.25, -0.2) is 4.39 Å². The van der Waals surface area contributed by atoms with Gasteiger partial charge in [0.2, 0.25) is 11.8 Å². The molecule has 2 heterocycles. The third-order valence-corrected chi connectivity index (χ3v) is 4.34. The summed E-state index contributed by atoms with van der Waals surface area (Å²) in [5, 5.41) is 6.90. The van der Waals surface area contributed by atoms with E-state index in [0.717, 1.165) is 24.2 Å². The summed E-state index contributed by atoms with van der Waals surface area (Å²) in [6, 6.07) is 6.21. The van der Waals surface area contributed by atoms with Gasteiger partial charge in [0.05, 0.1) is 17.8 Å². The summed E-state index contributed by atoms with van der Waals surface area (Å²) in [6.07, 6.45) is 2.18. The van der Waals surface area contributed by atoms with Crippen LogP contribution in [0.3, 0.4) is 0 Å². The number of anilines is 2. The molecule has 25 heavy (non-hydrogen) atoms. The van der Waals surface area contributed by atoms with Gasteiger partial charge in [0.1, 0.15) is 5.82 Å². The van der Waals surface area contributed by atoms with Crippen molar-refractivity contribution in [1.82, 2.24) is 9.78 Å². The molecule has 1 fully saturated rings. The topological polar surface area (TPSA) is 67.2 Å². The molecule has 1 aromatic carbocycles. The van der Waals surface area contributed by atoms with Crippen LogP contribution in [0.5, 0.6) is 0 Å². The lowest BCUT2D eigenvalue weighted by Crippen LogP contribution is -2.24. The molecule has 132 valence electrons. The maximum atomic E-state index is 14.1. The fourth-order valence-corrected chi connectivity index (χ4v) is 2.97. The predicted molar refractivity (Wildman–Crippen MR) is 92.9 cm³/mol. The van der Waals surface area contributed by atoms with E-state index in [1.165, 1.54) is 12.1 Å². The minimum absolute atomic E-state index is 0.0193. The number of aromatic nitrogens is 2. The van der Waals surface area contributed by atoms with Crippen molar-refractivity contribution >= 4 is 23.2 Å². The monoisotopic (exact) mass is 344 g/mol. The van der Waals surface area contributed by atoms with Gasteiger partial charge in [-0.1, -0.05) is 6.92 Å². The minimum Gasteiger partial charge on any atom is -0.323 e. The van der Waals surface area contributed by atoms with Gasteiger partial charge in [-0.15, -0.1) is 0 Å². The summed E-state index contributed by atoms with van der Waals surface area (Å²) >= 11 is 0. The highest BCUT2D eigenvalue weighted by Gasteiger charge is 2.22. The van der Waals surface area contributed by atoms with Crippen molar-refractivity contribution in [2.75, 3.05) is 16.8 Å². The van der Waals surface area contributed by atoms with E-state index < -0.39 is 5.82 Å². The quantitative estimate of drug-likeness (QED) is 0.906. The Morgan fingerprint density at radius 3 is 2.80 bits per heavy atom. The summed E-state index contributed by atoms with van der Waals surface area (Å²) in [7, 11) is 1.78. The van der Waals surface area contributed by atoms with Gasteiger partial charge in [-0.2, -0.15) is 5.10 Å². The zero-order valence-electron chi connectivity index (χ0n) is 14.4. The summed E-state index contributed by atoms with van der Waals surface area (Å²) in [6.45, 7) is 2.61. The molecule has 1 N–H and O–H groups in total. The van der Waals surface area contributed by atoms with Gasteiger partial charge < -0.3 is 10.2 Å². The lowest BCUT2D eigenvalue weighted by atomic mass is 10.2. The molecule has 1 aliphatic rings. The summed E-state index contributed by atoms with van der Waals surface area (Å²) in [5.74, 6) is -0.830. The van der Waals surface area contributed by atoms with Gasteiger partial charge >= 0.3 is 0 Å². The van der Waals surface area contributed by atoms with Crippen LogP contribution < -0.4 is 10.2 Å². The van der Waals surface area contributed by atoms with Crippen molar-refractivity contribution in [3.8, 4) is 0 Å². The first-order valence-electron chi connectivity index (χ1n) is 8.39. The fourth-order valence-electron chi connectivity index (χ4n) is 2.97. The maximum absolute atomic E-state index is 14.1. The van der Waals surface area contributed by atoms with E-state index in [-0.39, 0.29) is 23.9 Å². The average Bonchev–Trinajstić information content (AvgIpc) is 3.15. The number of carbonyl (C=O) groups excluding carboxylic acids is 2. The molecule has 1 aliphatic heterocycles. The van der Waals surface area contributed by atoms with Crippen molar-refractivity contribution in [3.05, 3.63) is 41.5 Å². The molecule has 2 amide bonds. The summed E-state index contributed by atoms with van der Waals surface area (Å²) in [5.41, 5.74) is 2.36. The van der Waals surface area contributed by atoms with E-state index in [1.54, 1.807) is 22.7 Å². The van der Waals surface area contributed by atoms with Crippen LogP contribution in [-0.2, 0) is 29.5 Å². The number of nitrogens with one attached hydrogen (secondary N) is 1. The lowest BCUT2D eigenvalue weighted by Gasteiger charge is -2.17. The van der Waals surface area contributed by atoms with E-state index >= 15 is 0 Å². The SMILES string of the molecule is CCc1cc(CC(=O)Nc2cc(N3CCCC3=O)ccc2F)n(C)n1. The van der Waals surface area contributed by atoms with Crippen molar-refractivity contribution in [1.29, 1.82) is 0 Å². The van der Waals surface area contributed by atoms with Crippen molar-refractivity contribution in [2.45, 2.75) is 32.6 Å². The van der Waals surface area contributed by atoms with Gasteiger partial charge in [-0.05, 0) is 37.1 Å². The van der Waals surface area contributed by atoms with E-state index in [1.807, 2.05) is 13.0 Å². The molecule has 0 radical (unpaired) electrons. The minimum atomic E-state index is -0.525. The second-order valence-electron chi connectivity index (χ2n) is 6.14. The molecule has 0 aliphatic carbocycles. The highest BCUT2D eigenvalue weighted by atomic mass is 19.1. The van der Waals surface area contributed by atoms with E-state index in [4.69, 9.17) is 0 Å². The molecule has 6 nitrogen and oxygen atoms in total. The average molecular weight is 344 g/mol. The summed E-state index contributed by atoms with van der Waals surface area (Å²) < 4.78 is 15.7. The first-order valence-corrected chi connectivity index (χ1v) is 8.39. The molecule has 0 bridgehead atoms. The molecule has 1 saturated heterocycles. The van der Waals surface area contributed by atoms with Gasteiger partial charge in [0, 0.05) is 31.4 Å². The normalized spacial score (nSPS) is 14.2. The lowest BCUT2D eigenvalue weighted by molar-refractivity contribution is -0.117. The molecule has 1 aromatic heterocycles. The van der Waals surface area contributed by atoms with Crippen LogP contribution in [0.25, 0.3) is 0 Å². The Morgan fingerprint density at radius 2 is 2.16 bits per heavy atom. The number of carbonyl (C=O) groups is 2. The second-order valence-corrected chi connectivity index (χ2v) is 6.14. The summed E-state index contributed by atoms with van der Waals surface area (Å²) in [4.78, 5) is 25.7. The van der Waals surface area contributed by atoms with Crippen molar-refractivity contribution in [2.24, 2.45) is 7.05 Å². The van der Waals surface area contributed by atoms with Crippen LogP contribution >= 0.6 is 0 Å². The Bertz CT molecular complexity index is 815. The molecule has 0 unspecified atom stereocenters. The van der Waals surface area contributed by atoms with E-state index in [9.17, 15) is 14.0 Å². The van der Waals surface area contributed by atoms with Crippen LogP contribution in [0.15, 0.2) is 24.3 Å². The number of benzene rings is 1. The predicted octanol–water partition coefficient (Wildman–Crippen LogP) is 2.43. The zero-order valence-corrected chi connectivity index (χ0v) is 14.4. The standard InChI is InChI=1S/C18H21FN4O2/c1-3-12-9-14(22(2)21-12)11-17(24)20-16-10-13(6-7-15(16)19)23-8-4-5-18(23)25/h6-7,9-10H,3-5,8,11H2,1-2H3,(H,20,24). The zero-order chi connectivity index (χ0) is 18.0. The Kier molecular flexibility index (Phi) is 4.83. The van der Waals surface area contributed by atoms with Gasteiger partial charge in [-0.3, -0.25) is 14.3 Å². The fraction of sp³-hybridized carbons (Fsp3) is 0.389. The number of nitrogens with zero attached hydrogens (tertiary/aromatic N) is 3. The van der Waals surface area contributed by atoms with Crippen LogP contribution in [-0.4, -0.2) is 28.1 Å². The van der Waals surface area contributed by atoms with Gasteiger partial charge in [0.15, 0.2) is 0 Å². The molecule has 2 aromatic rings. The number of hydrogen-bond donors (Lipinski definition) is 1. The third-order valence-electron chi connectivity index (χ3n) is 4.34. The number of amides is 2. The number of rotatable bonds is 5. The van der Waals surface area contributed by atoms with Crippen LogP contribution in [0.4, 0.5) is 15.8 Å². The highest BCUT2D eigenvalue weighted by Crippen LogP contribution is 2.26. The Hall–Kier alpha value is -2.70. The molecular weight excluding hydrogens is 323 g/mol. The maximum Gasteiger partial charge on any atom is 0.230 e. The Labute approximate surface area is 145 Å². The first kappa shape index (κ1) is 17.1.